The molecular weight excluding hydrogens is 530 g/mol. The number of amides is 1. The van der Waals surface area contributed by atoms with E-state index in [0.29, 0.717) is 31.6 Å². The lowest BCUT2D eigenvalue weighted by atomic mass is 10.1. The van der Waals surface area contributed by atoms with Crippen LogP contribution in [-0.4, -0.2) is 61.6 Å². The third kappa shape index (κ3) is 5.44. The van der Waals surface area contributed by atoms with Crippen LogP contribution in [0.1, 0.15) is 54.5 Å². The fourth-order valence-corrected chi connectivity index (χ4v) is 4.95. The van der Waals surface area contributed by atoms with Gasteiger partial charge in [-0.05, 0) is 38.2 Å². The molecule has 5 rings (SSSR count). The fraction of sp³-hybridized carbons (Fsp3) is 0.458. The Labute approximate surface area is 220 Å². The van der Waals surface area contributed by atoms with Crippen LogP contribution in [0.4, 0.5) is 29.2 Å². The molecule has 38 heavy (non-hydrogen) atoms. The lowest BCUT2D eigenvalue weighted by Crippen LogP contribution is -2.36. The molecule has 1 amide bonds. The molecule has 0 bridgehead atoms. The molecule has 0 aliphatic carbocycles. The largest absolute Gasteiger partial charge is 0.449 e. The molecule has 1 N–H and O–H groups in total. The molecule has 0 radical (unpaired) electrons. The van der Waals surface area contributed by atoms with Crippen LogP contribution in [0.2, 0.25) is 5.02 Å². The van der Waals surface area contributed by atoms with Crippen LogP contribution in [-0.2, 0) is 10.9 Å². The minimum Gasteiger partial charge on any atom is -0.381 e. The third-order valence-corrected chi connectivity index (χ3v) is 6.82. The summed E-state index contributed by atoms with van der Waals surface area (Å²) in [6.45, 7) is 1.85. The predicted molar refractivity (Wildman–Crippen MR) is 130 cm³/mol. The van der Waals surface area contributed by atoms with Gasteiger partial charge in [-0.15, -0.1) is 0 Å². The average molecular weight is 554 g/mol. The second-order valence-electron chi connectivity index (χ2n) is 9.10. The Hall–Kier alpha value is -3.32. The Bertz CT molecular complexity index is 1320. The van der Waals surface area contributed by atoms with Crippen molar-refractivity contribution >= 4 is 29.1 Å². The lowest BCUT2D eigenvalue weighted by Gasteiger charge is -2.27. The van der Waals surface area contributed by atoms with Crippen LogP contribution < -0.4 is 5.32 Å². The number of halogens is 5. The summed E-state index contributed by atoms with van der Waals surface area (Å²) in [5.74, 6) is -2.39. The monoisotopic (exact) mass is 553 g/mol. The highest BCUT2D eigenvalue weighted by Gasteiger charge is 2.40. The number of nitrogens with one attached hydrogen (secondary N) is 1. The Morgan fingerprint density at radius 2 is 1.79 bits per heavy atom. The molecule has 14 heteroatoms. The van der Waals surface area contributed by atoms with Gasteiger partial charge in [-0.25, -0.2) is 24.3 Å². The number of likely N-dealkylation sites (tertiary alicyclic amines) is 1. The summed E-state index contributed by atoms with van der Waals surface area (Å²) in [4.78, 5) is 30.3. The molecule has 2 aliphatic heterocycles. The molecular formula is C24H24ClF4N7O2. The predicted octanol–water partition coefficient (Wildman–Crippen LogP) is 5.27. The molecule has 3 aromatic heterocycles. The van der Waals surface area contributed by atoms with Crippen LogP contribution >= 0.6 is 11.6 Å². The van der Waals surface area contributed by atoms with E-state index >= 15 is 0 Å². The summed E-state index contributed by atoms with van der Waals surface area (Å²) in [6.07, 6.45) is 2.00. The van der Waals surface area contributed by atoms with Crippen molar-refractivity contribution < 1.29 is 27.1 Å². The number of carbonyl (C=O) groups is 1. The Morgan fingerprint density at radius 3 is 2.47 bits per heavy atom. The molecule has 0 atom stereocenters. The van der Waals surface area contributed by atoms with Gasteiger partial charge >= 0.3 is 6.18 Å². The van der Waals surface area contributed by atoms with Gasteiger partial charge in [0.2, 0.25) is 11.8 Å². The van der Waals surface area contributed by atoms with Gasteiger partial charge in [-0.2, -0.15) is 13.2 Å². The van der Waals surface area contributed by atoms with Crippen LogP contribution in [0.5, 0.6) is 0 Å². The van der Waals surface area contributed by atoms with E-state index in [9.17, 15) is 22.4 Å². The number of rotatable bonds is 5. The Morgan fingerprint density at radius 1 is 1.05 bits per heavy atom. The van der Waals surface area contributed by atoms with Crippen LogP contribution in [0.3, 0.4) is 0 Å². The number of imidazole rings is 1. The zero-order valence-electron chi connectivity index (χ0n) is 20.1. The number of hydrogen-bond acceptors (Lipinski definition) is 7. The summed E-state index contributed by atoms with van der Waals surface area (Å²) in [5, 5.41) is 2.94. The maximum Gasteiger partial charge on any atom is 0.449 e. The van der Waals surface area contributed by atoms with Gasteiger partial charge in [0.1, 0.15) is 11.4 Å². The molecule has 0 unspecified atom stereocenters. The van der Waals surface area contributed by atoms with Gasteiger partial charge in [0, 0.05) is 32.3 Å². The molecule has 2 aliphatic rings. The standard InChI is InChI=1S/C24H24ClF4N7O2/c25-16-10-14(11-30-19(16)21(37)35-6-2-1-3-7-35)33-23-32-12-17(26)20(34-23)18-13-31-22(24(27,28)29)36(18)15-4-8-38-9-5-15/h10-13,15H,1-9H2,(H,32,33,34). The van der Waals surface area contributed by atoms with Crippen LogP contribution in [0.25, 0.3) is 11.4 Å². The lowest BCUT2D eigenvalue weighted by molar-refractivity contribution is -0.148. The maximum absolute atomic E-state index is 14.9. The van der Waals surface area contributed by atoms with E-state index in [1.54, 1.807) is 4.90 Å². The number of pyridine rings is 1. The van der Waals surface area contributed by atoms with Gasteiger partial charge in [-0.3, -0.25) is 4.79 Å². The van der Waals surface area contributed by atoms with E-state index in [1.807, 2.05) is 0 Å². The normalized spacial score (nSPS) is 17.0. The minimum absolute atomic E-state index is 0.0948. The molecule has 0 saturated carbocycles. The van der Waals surface area contributed by atoms with Crippen molar-refractivity contribution in [1.29, 1.82) is 0 Å². The molecule has 0 aromatic carbocycles. The van der Waals surface area contributed by atoms with Crippen molar-refractivity contribution in [3.05, 3.63) is 47.0 Å². The van der Waals surface area contributed by atoms with Gasteiger partial charge in [0.05, 0.1) is 35.0 Å². The highest BCUT2D eigenvalue weighted by molar-refractivity contribution is 6.33. The van der Waals surface area contributed by atoms with Gasteiger partial charge in [-0.1, -0.05) is 11.6 Å². The number of hydrogen-bond donors (Lipinski definition) is 1. The summed E-state index contributed by atoms with van der Waals surface area (Å²) in [5.41, 5.74) is -0.0321. The number of ether oxygens (including phenoxy) is 1. The number of piperidine rings is 1. The minimum atomic E-state index is -4.74. The van der Waals surface area contributed by atoms with E-state index in [4.69, 9.17) is 16.3 Å². The van der Waals surface area contributed by atoms with Gasteiger partial charge in [0.15, 0.2) is 5.82 Å². The topological polar surface area (TPSA) is 98.1 Å². The molecule has 202 valence electrons. The first-order valence-electron chi connectivity index (χ1n) is 12.2. The number of carbonyl (C=O) groups excluding carboxylic acids is 1. The molecule has 5 heterocycles. The molecule has 3 aromatic rings. The van der Waals surface area contributed by atoms with Crippen molar-refractivity contribution in [3.63, 3.8) is 0 Å². The first-order chi connectivity index (χ1) is 18.2. The SMILES string of the molecule is O=C(c1ncc(Nc2ncc(F)c(-c3cnc(C(F)(F)F)n3C3CCOCC3)n2)cc1Cl)N1CCCCC1. The zero-order valence-corrected chi connectivity index (χ0v) is 20.9. The number of nitrogens with zero attached hydrogens (tertiary/aromatic N) is 6. The Balaban J connectivity index is 1.43. The quantitative estimate of drug-likeness (QED) is 0.430. The summed E-state index contributed by atoms with van der Waals surface area (Å²) in [6, 6.07) is 0.878. The maximum atomic E-state index is 14.9. The van der Waals surface area contributed by atoms with Crippen molar-refractivity contribution in [3.8, 4) is 11.4 Å². The average Bonchev–Trinajstić information content (AvgIpc) is 3.36. The number of alkyl halides is 3. The van der Waals surface area contributed by atoms with E-state index in [2.05, 4.69) is 25.3 Å². The fourth-order valence-electron chi connectivity index (χ4n) is 4.71. The second-order valence-corrected chi connectivity index (χ2v) is 9.51. The van der Waals surface area contributed by atoms with Crippen molar-refractivity contribution in [2.45, 2.75) is 44.3 Å². The number of anilines is 2. The van der Waals surface area contributed by atoms with Crippen LogP contribution in [0.15, 0.2) is 24.7 Å². The van der Waals surface area contributed by atoms with E-state index in [0.717, 1.165) is 36.2 Å². The smallest absolute Gasteiger partial charge is 0.381 e. The van der Waals surface area contributed by atoms with Gasteiger partial charge < -0.3 is 19.5 Å². The van der Waals surface area contributed by atoms with E-state index < -0.39 is 23.9 Å². The summed E-state index contributed by atoms with van der Waals surface area (Å²) < 4.78 is 62.4. The van der Waals surface area contributed by atoms with E-state index in [-0.39, 0.29) is 47.2 Å². The second kappa shape index (κ2) is 10.8. The molecule has 2 fully saturated rings. The number of aromatic nitrogens is 5. The zero-order chi connectivity index (χ0) is 26.9. The van der Waals surface area contributed by atoms with Crippen molar-refractivity contribution in [1.82, 2.24) is 29.4 Å². The Kier molecular flexibility index (Phi) is 7.48. The van der Waals surface area contributed by atoms with Crippen molar-refractivity contribution in [2.75, 3.05) is 31.6 Å². The van der Waals surface area contributed by atoms with Crippen molar-refractivity contribution in [2.24, 2.45) is 0 Å². The summed E-state index contributed by atoms with van der Waals surface area (Å²) >= 11 is 6.34. The first kappa shape index (κ1) is 26.3. The first-order valence-corrected chi connectivity index (χ1v) is 12.6. The third-order valence-electron chi connectivity index (χ3n) is 6.54. The highest BCUT2D eigenvalue weighted by Crippen LogP contribution is 2.37. The molecule has 9 nitrogen and oxygen atoms in total. The molecule has 0 spiro atoms. The molecule has 2 saturated heterocycles. The van der Waals surface area contributed by atoms with E-state index in [1.165, 1.54) is 12.3 Å². The summed E-state index contributed by atoms with van der Waals surface area (Å²) in [7, 11) is 0. The highest BCUT2D eigenvalue weighted by atomic mass is 35.5. The van der Waals surface area contributed by atoms with Gasteiger partial charge in [0.25, 0.3) is 5.91 Å². The van der Waals surface area contributed by atoms with Crippen LogP contribution in [0, 0.1) is 5.82 Å².